The Hall–Kier alpha value is -3.23. The smallest absolute Gasteiger partial charge is 0.245 e. The van der Waals surface area contributed by atoms with Crippen LogP contribution >= 0.6 is 0 Å². The van der Waals surface area contributed by atoms with Gasteiger partial charge in [0.15, 0.2) is 0 Å². The average Bonchev–Trinajstić information content (AvgIpc) is 3.70. The zero-order chi connectivity index (χ0) is 28.5. The van der Waals surface area contributed by atoms with E-state index in [1.165, 1.54) is 12.5 Å². The van der Waals surface area contributed by atoms with Gasteiger partial charge in [-0.3, -0.25) is 9.59 Å². The van der Waals surface area contributed by atoms with E-state index in [0.29, 0.717) is 13.1 Å². The Morgan fingerprint density at radius 2 is 1.85 bits per heavy atom. The molecule has 7 nitrogen and oxygen atoms in total. The molecule has 0 bridgehead atoms. The number of likely N-dealkylation sites (N-methyl/N-ethyl adjacent to an activating group) is 1. The minimum atomic E-state index is -0.507. The highest BCUT2D eigenvalue weighted by atomic mass is 19.1. The fraction of sp³-hybridized carbons (Fsp3) is 0.515. The van der Waals surface area contributed by atoms with Crippen LogP contribution < -0.4 is 16.0 Å². The molecule has 3 heterocycles. The average molecular weight is 560 g/mol. The molecule has 3 aromatic rings. The summed E-state index contributed by atoms with van der Waals surface area (Å²) in [7, 11) is 1.77. The van der Waals surface area contributed by atoms with E-state index in [9.17, 15) is 14.0 Å². The molecule has 3 N–H and O–H groups in total. The Bertz CT molecular complexity index is 1390. The Kier molecular flexibility index (Phi) is 8.13. The van der Waals surface area contributed by atoms with Crippen LogP contribution in [0.5, 0.6) is 0 Å². The first kappa shape index (κ1) is 27.9. The maximum Gasteiger partial charge on any atom is 0.245 e. The summed E-state index contributed by atoms with van der Waals surface area (Å²) in [6.45, 7) is 3.92. The van der Waals surface area contributed by atoms with Crippen LogP contribution in [-0.4, -0.2) is 65.6 Å². The summed E-state index contributed by atoms with van der Waals surface area (Å²) in [6.07, 6.45) is 8.37. The molecular weight excluding hydrogens is 517 g/mol. The molecule has 0 radical (unpaired) electrons. The van der Waals surface area contributed by atoms with Crippen LogP contribution in [0.25, 0.3) is 10.9 Å². The van der Waals surface area contributed by atoms with Crippen LogP contribution in [0.1, 0.15) is 62.5 Å². The van der Waals surface area contributed by atoms with Crippen molar-refractivity contribution in [3.05, 3.63) is 71.7 Å². The van der Waals surface area contributed by atoms with Crippen LogP contribution in [-0.2, 0) is 16.1 Å². The van der Waals surface area contributed by atoms with Gasteiger partial charge in [-0.1, -0.05) is 49.6 Å². The fourth-order valence-corrected chi connectivity index (χ4v) is 7.42. The largest absolute Gasteiger partial charge is 0.343 e. The van der Waals surface area contributed by atoms with E-state index in [2.05, 4.69) is 43.7 Å². The predicted octanol–water partition coefficient (Wildman–Crippen LogP) is 4.16. The molecule has 1 aromatic heterocycles. The van der Waals surface area contributed by atoms with Gasteiger partial charge in [0, 0.05) is 43.2 Å². The summed E-state index contributed by atoms with van der Waals surface area (Å²) < 4.78 is 16.6. The van der Waals surface area contributed by atoms with Gasteiger partial charge >= 0.3 is 0 Å². The van der Waals surface area contributed by atoms with Crippen molar-refractivity contribution in [1.29, 1.82) is 0 Å². The number of nitrogens with zero attached hydrogens (tertiary/aromatic N) is 2. The summed E-state index contributed by atoms with van der Waals surface area (Å²) in [5.41, 5.74) is 3.18. The highest BCUT2D eigenvalue weighted by molar-refractivity contribution is 5.90. The zero-order valence-corrected chi connectivity index (χ0v) is 24.1. The maximum absolute atomic E-state index is 14.5. The molecule has 3 aliphatic rings. The molecule has 218 valence electrons. The third-order valence-corrected chi connectivity index (χ3v) is 9.73. The molecule has 1 saturated carbocycles. The van der Waals surface area contributed by atoms with Crippen LogP contribution in [0.4, 0.5) is 4.39 Å². The molecule has 0 spiro atoms. The first-order chi connectivity index (χ1) is 19.9. The molecule has 0 unspecified atom stereocenters. The molecule has 2 amide bonds. The lowest BCUT2D eigenvalue weighted by molar-refractivity contribution is -0.139. The van der Waals surface area contributed by atoms with E-state index >= 15 is 0 Å². The maximum atomic E-state index is 14.5. The summed E-state index contributed by atoms with van der Waals surface area (Å²) >= 11 is 0. The van der Waals surface area contributed by atoms with Crippen molar-refractivity contribution in [1.82, 2.24) is 25.4 Å². The SMILES string of the molecule is CN[C@@H](C)C(=O)N[C@H](C(=O)N1CC[C@H]2NC[C@H](c3cn(Cc4ccccc4)c4cc(F)ccc34)[C@H]21)C1CCCCC1. The summed E-state index contributed by atoms with van der Waals surface area (Å²) in [6, 6.07) is 14.6. The van der Waals surface area contributed by atoms with Gasteiger partial charge in [0.2, 0.25) is 11.8 Å². The van der Waals surface area contributed by atoms with Gasteiger partial charge in [-0.2, -0.15) is 0 Å². The molecule has 2 aromatic carbocycles. The summed E-state index contributed by atoms with van der Waals surface area (Å²) in [5.74, 6) is -0.0891. The van der Waals surface area contributed by atoms with E-state index < -0.39 is 6.04 Å². The topological polar surface area (TPSA) is 78.4 Å². The Labute approximate surface area is 241 Å². The minimum Gasteiger partial charge on any atom is -0.343 e. The summed E-state index contributed by atoms with van der Waals surface area (Å²) in [4.78, 5) is 29.4. The number of likely N-dealkylation sites (tertiary alicyclic amines) is 1. The Morgan fingerprint density at radius 3 is 2.61 bits per heavy atom. The van der Waals surface area contributed by atoms with Gasteiger partial charge in [0.1, 0.15) is 11.9 Å². The number of rotatable bonds is 8. The second-order valence-electron chi connectivity index (χ2n) is 12.2. The van der Waals surface area contributed by atoms with Crippen LogP contribution in [0.3, 0.4) is 0 Å². The van der Waals surface area contributed by atoms with Gasteiger partial charge in [0.05, 0.1) is 17.6 Å². The number of benzene rings is 2. The first-order valence-corrected chi connectivity index (χ1v) is 15.3. The molecular formula is C33H42FN5O2. The molecule has 1 aliphatic carbocycles. The third-order valence-electron chi connectivity index (χ3n) is 9.73. The minimum absolute atomic E-state index is 0.00644. The number of aromatic nitrogens is 1. The lowest BCUT2D eigenvalue weighted by atomic mass is 9.82. The van der Waals surface area contributed by atoms with E-state index in [-0.39, 0.29) is 47.6 Å². The molecule has 2 saturated heterocycles. The van der Waals surface area contributed by atoms with Gasteiger partial charge in [-0.05, 0) is 68.5 Å². The molecule has 8 heteroatoms. The number of fused-ring (bicyclic) bond motifs is 2. The lowest BCUT2D eigenvalue weighted by Gasteiger charge is -2.36. The highest BCUT2D eigenvalue weighted by Crippen LogP contribution is 2.41. The third kappa shape index (κ3) is 5.52. The highest BCUT2D eigenvalue weighted by Gasteiger charge is 2.49. The van der Waals surface area contributed by atoms with E-state index in [1.807, 2.05) is 31.2 Å². The standard InChI is InChI=1S/C33H42FN5O2/c1-21(35-2)32(40)37-30(23-11-7-4-8-12-23)33(41)39-16-15-28-31(39)26(18-36-28)27-20-38(19-22-9-5-3-6-10-22)29-17-24(34)13-14-25(27)29/h3,5-6,9-10,13-14,17,20-21,23,26,28,30-31,35-36H,4,7-8,11-12,15-16,18-19H2,1-2H3,(H,37,40)/t21-,26+,28+,30-,31+/m0/s1. The van der Waals surface area contributed by atoms with Crippen molar-refractivity contribution in [2.24, 2.45) is 5.92 Å². The van der Waals surface area contributed by atoms with Crippen LogP contribution in [0.2, 0.25) is 0 Å². The quantitative estimate of drug-likeness (QED) is 0.388. The Morgan fingerprint density at radius 1 is 1.07 bits per heavy atom. The number of hydrogen-bond acceptors (Lipinski definition) is 4. The lowest BCUT2D eigenvalue weighted by Crippen LogP contribution is -2.57. The monoisotopic (exact) mass is 559 g/mol. The number of halogens is 1. The van der Waals surface area contributed by atoms with E-state index in [4.69, 9.17) is 0 Å². The van der Waals surface area contributed by atoms with Crippen molar-refractivity contribution in [3.63, 3.8) is 0 Å². The number of amides is 2. The zero-order valence-electron chi connectivity index (χ0n) is 24.1. The molecule has 3 fully saturated rings. The van der Waals surface area contributed by atoms with E-state index in [0.717, 1.165) is 60.7 Å². The normalized spacial score (nSPS) is 24.4. The van der Waals surface area contributed by atoms with Crippen LogP contribution in [0, 0.1) is 11.7 Å². The molecule has 6 rings (SSSR count). The second kappa shape index (κ2) is 11.9. The van der Waals surface area contributed by atoms with Gasteiger partial charge in [-0.25, -0.2) is 4.39 Å². The van der Waals surface area contributed by atoms with Gasteiger partial charge < -0.3 is 25.4 Å². The van der Waals surface area contributed by atoms with Crippen molar-refractivity contribution < 1.29 is 14.0 Å². The molecule has 41 heavy (non-hydrogen) atoms. The Balaban J connectivity index is 1.32. The van der Waals surface area contributed by atoms with Crippen molar-refractivity contribution in [2.45, 2.75) is 82.1 Å². The van der Waals surface area contributed by atoms with Gasteiger partial charge in [0.25, 0.3) is 0 Å². The van der Waals surface area contributed by atoms with E-state index in [1.54, 1.807) is 13.1 Å². The van der Waals surface area contributed by atoms with Crippen molar-refractivity contribution in [3.8, 4) is 0 Å². The first-order valence-electron chi connectivity index (χ1n) is 15.3. The number of carbonyl (C=O) groups excluding carboxylic acids is 2. The number of carbonyl (C=O) groups is 2. The summed E-state index contributed by atoms with van der Waals surface area (Å²) in [5, 5.41) is 10.9. The predicted molar refractivity (Wildman–Crippen MR) is 159 cm³/mol. The van der Waals surface area contributed by atoms with Crippen molar-refractivity contribution >= 4 is 22.7 Å². The molecule has 5 atom stereocenters. The molecule has 2 aliphatic heterocycles. The number of nitrogens with one attached hydrogen (secondary N) is 3. The van der Waals surface area contributed by atoms with Crippen molar-refractivity contribution in [2.75, 3.05) is 20.1 Å². The van der Waals surface area contributed by atoms with Gasteiger partial charge in [-0.15, -0.1) is 0 Å². The van der Waals surface area contributed by atoms with Crippen LogP contribution in [0.15, 0.2) is 54.7 Å². The second-order valence-corrected chi connectivity index (χ2v) is 12.2. The fourth-order valence-electron chi connectivity index (χ4n) is 7.42. The number of hydrogen-bond donors (Lipinski definition) is 3.